The Morgan fingerprint density at radius 1 is 1.00 bits per heavy atom. The van der Waals surface area contributed by atoms with Crippen LogP contribution in [0.25, 0.3) is 11.3 Å². The lowest BCUT2D eigenvalue weighted by Gasteiger charge is -2.32. The molecule has 0 aliphatic heterocycles. The number of nitrogens with zero attached hydrogens (tertiary/aromatic N) is 3. The molecule has 31 heavy (non-hydrogen) atoms. The summed E-state index contributed by atoms with van der Waals surface area (Å²) in [6.07, 6.45) is 4.25. The van der Waals surface area contributed by atoms with Crippen molar-refractivity contribution in [1.82, 2.24) is 9.88 Å². The maximum Gasteiger partial charge on any atom is 0.154 e. The molecular formula is C26H29N5. The molecular weight excluding hydrogens is 382 g/mol. The van der Waals surface area contributed by atoms with Crippen LogP contribution in [0.4, 0.5) is 17.2 Å². The molecule has 1 aliphatic rings. The molecule has 0 saturated heterocycles. The van der Waals surface area contributed by atoms with E-state index >= 15 is 0 Å². The van der Waals surface area contributed by atoms with Gasteiger partial charge in [0.2, 0.25) is 0 Å². The van der Waals surface area contributed by atoms with Crippen LogP contribution in [0, 0.1) is 17.2 Å². The summed E-state index contributed by atoms with van der Waals surface area (Å²) in [6, 6.07) is 25.4. The normalized spacial score (nSPS) is 18.5. The summed E-state index contributed by atoms with van der Waals surface area (Å²) in [6.45, 7) is 0.909. The zero-order valence-electron chi connectivity index (χ0n) is 18.0. The van der Waals surface area contributed by atoms with Crippen LogP contribution in [-0.4, -0.2) is 23.0 Å². The van der Waals surface area contributed by atoms with Gasteiger partial charge in [-0.3, -0.25) is 4.90 Å². The second-order valence-corrected chi connectivity index (χ2v) is 8.37. The van der Waals surface area contributed by atoms with E-state index in [2.05, 4.69) is 47.6 Å². The van der Waals surface area contributed by atoms with Crippen LogP contribution >= 0.6 is 0 Å². The van der Waals surface area contributed by atoms with Gasteiger partial charge >= 0.3 is 0 Å². The van der Waals surface area contributed by atoms with Gasteiger partial charge in [-0.15, -0.1) is 0 Å². The molecule has 5 heteroatoms. The molecule has 3 aromatic rings. The van der Waals surface area contributed by atoms with E-state index in [1.54, 1.807) is 0 Å². The van der Waals surface area contributed by atoms with Gasteiger partial charge in [-0.1, -0.05) is 42.5 Å². The second-order valence-electron chi connectivity index (χ2n) is 8.37. The molecule has 0 atom stereocenters. The average Bonchev–Trinajstić information content (AvgIpc) is 2.82. The summed E-state index contributed by atoms with van der Waals surface area (Å²) >= 11 is 0. The van der Waals surface area contributed by atoms with Gasteiger partial charge in [0, 0.05) is 29.8 Å². The third-order valence-electron chi connectivity index (χ3n) is 6.15. The lowest BCUT2D eigenvalue weighted by Crippen LogP contribution is -2.34. The second kappa shape index (κ2) is 9.63. The number of nitrogens with two attached hydrogens (primary N) is 1. The highest BCUT2D eigenvalue weighted by Crippen LogP contribution is 2.28. The van der Waals surface area contributed by atoms with Gasteiger partial charge in [-0.2, -0.15) is 5.26 Å². The number of pyridine rings is 1. The van der Waals surface area contributed by atoms with Crippen molar-refractivity contribution in [2.24, 2.45) is 5.92 Å². The maximum absolute atomic E-state index is 9.09. The van der Waals surface area contributed by atoms with Crippen LogP contribution in [0.3, 0.4) is 0 Å². The van der Waals surface area contributed by atoms with Crippen molar-refractivity contribution in [2.45, 2.75) is 38.3 Å². The number of nitrogens with one attached hydrogen (secondary N) is 1. The van der Waals surface area contributed by atoms with E-state index in [-0.39, 0.29) is 5.92 Å². The molecule has 1 fully saturated rings. The Morgan fingerprint density at radius 3 is 2.39 bits per heavy atom. The molecule has 0 bridgehead atoms. The topological polar surface area (TPSA) is 78.0 Å². The lowest BCUT2D eigenvalue weighted by atomic mass is 9.86. The van der Waals surface area contributed by atoms with Crippen molar-refractivity contribution >= 4 is 17.2 Å². The van der Waals surface area contributed by atoms with E-state index in [1.165, 1.54) is 5.56 Å². The van der Waals surface area contributed by atoms with Crippen molar-refractivity contribution in [2.75, 3.05) is 18.1 Å². The van der Waals surface area contributed by atoms with Gasteiger partial charge in [0.1, 0.15) is 0 Å². The third-order valence-corrected chi connectivity index (χ3v) is 6.15. The zero-order chi connectivity index (χ0) is 21.6. The summed E-state index contributed by atoms with van der Waals surface area (Å²) in [5.41, 5.74) is 11.0. The van der Waals surface area contributed by atoms with Crippen molar-refractivity contribution < 1.29 is 0 Å². The SMILES string of the molecule is CN(Cc1ccc(Nc2nc(-c3ccccc3)ccc2N)cc1)C1CCC(C#N)CC1. The summed E-state index contributed by atoms with van der Waals surface area (Å²) in [4.78, 5) is 7.13. The van der Waals surface area contributed by atoms with E-state index in [0.29, 0.717) is 17.5 Å². The van der Waals surface area contributed by atoms with E-state index in [4.69, 9.17) is 16.0 Å². The first-order valence-electron chi connectivity index (χ1n) is 10.9. The Hall–Kier alpha value is -3.36. The van der Waals surface area contributed by atoms with Gasteiger partial charge in [0.05, 0.1) is 17.5 Å². The Kier molecular flexibility index (Phi) is 6.49. The smallest absolute Gasteiger partial charge is 0.154 e. The molecule has 4 rings (SSSR count). The Morgan fingerprint density at radius 2 is 1.71 bits per heavy atom. The van der Waals surface area contributed by atoms with Crippen molar-refractivity contribution in [1.29, 1.82) is 5.26 Å². The predicted molar refractivity (Wildman–Crippen MR) is 127 cm³/mol. The molecule has 2 aromatic carbocycles. The van der Waals surface area contributed by atoms with Crippen LogP contribution in [0.15, 0.2) is 66.7 Å². The number of anilines is 3. The maximum atomic E-state index is 9.09. The van der Waals surface area contributed by atoms with Crippen LogP contribution < -0.4 is 11.1 Å². The summed E-state index contributed by atoms with van der Waals surface area (Å²) < 4.78 is 0. The molecule has 0 radical (unpaired) electrons. The largest absolute Gasteiger partial charge is 0.396 e. The summed E-state index contributed by atoms with van der Waals surface area (Å²) in [5.74, 6) is 0.914. The Balaban J connectivity index is 1.39. The molecule has 1 heterocycles. The Labute approximate surface area is 184 Å². The monoisotopic (exact) mass is 411 g/mol. The number of aromatic nitrogens is 1. The fourth-order valence-electron chi connectivity index (χ4n) is 4.23. The van der Waals surface area contributed by atoms with E-state index in [0.717, 1.165) is 49.2 Å². The van der Waals surface area contributed by atoms with E-state index in [1.807, 2.05) is 42.5 Å². The molecule has 0 unspecified atom stereocenters. The lowest BCUT2D eigenvalue weighted by molar-refractivity contribution is 0.171. The predicted octanol–water partition coefficient (Wildman–Crippen LogP) is 5.59. The number of nitrogen functional groups attached to an aromatic ring is 1. The molecule has 1 saturated carbocycles. The fraction of sp³-hybridized carbons (Fsp3) is 0.308. The number of hydrogen-bond acceptors (Lipinski definition) is 5. The highest BCUT2D eigenvalue weighted by Gasteiger charge is 2.23. The first-order chi connectivity index (χ1) is 15.1. The van der Waals surface area contributed by atoms with Gasteiger partial charge in [-0.25, -0.2) is 4.98 Å². The number of nitriles is 1. The fourth-order valence-corrected chi connectivity index (χ4v) is 4.23. The van der Waals surface area contributed by atoms with Crippen LogP contribution in [0.2, 0.25) is 0 Å². The minimum absolute atomic E-state index is 0.247. The highest BCUT2D eigenvalue weighted by molar-refractivity contribution is 5.73. The van der Waals surface area contributed by atoms with Gasteiger partial charge < -0.3 is 11.1 Å². The van der Waals surface area contributed by atoms with Gasteiger partial charge in [0.25, 0.3) is 0 Å². The summed E-state index contributed by atoms with van der Waals surface area (Å²) in [7, 11) is 2.18. The molecule has 0 amide bonds. The molecule has 1 aliphatic carbocycles. The number of benzene rings is 2. The van der Waals surface area contributed by atoms with Crippen LogP contribution in [0.5, 0.6) is 0 Å². The average molecular weight is 412 g/mol. The quantitative estimate of drug-likeness (QED) is 0.553. The van der Waals surface area contributed by atoms with Gasteiger partial charge in [0.15, 0.2) is 5.82 Å². The molecule has 1 aromatic heterocycles. The number of rotatable bonds is 6. The summed E-state index contributed by atoms with van der Waals surface area (Å²) in [5, 5.41) is 12.4. The highest BCUT2D eigenvalue weighted by atomic mass is 15.1. The zero-order valence-corrected chi connectivity index (χ0v) is 18.0. The van der Waals surface area contributed by atoms with E-state index < -0.39 is 0 Å². The minimum atomic E-state index is 0.247. The van der Waals surface area contributed by atoms with Crippen LogP contribution in [-0.2, 0) is 6.54 Å². The van der Waals surface area contributed by atoms with Gasteiger partial charge in [-0.05, 0) is 62.6 Å². The van der Waals surface area contributed by atoms with Crippen LogP contribution in [0.1, 0.15) is 31.2 Å². The first kappa shape index (κ1) is 20.9. The third kappa shape index (κ3) is 5.22. The molecule has 3 N–H and O–H groups in total. The number of hydrogen-bond donors (Lipinski definition) is 2. The molecule has 0 spiro atoms. The first-order valence-corrected chi connectivity index (χ1v) is 10.9. The molecule has 5 nitrogen and oxygen atoms in total. The van der Waals surface area contributed by atoms with Crippen molar-refractivity contribution in [3.8, 4) is 17.3 Å². The molecule has 158 valence electrons. The Bertz CT molecular complexity index is 1030. The van der Waals surface area contributed by atoms with E-state index in [9.17, 15) is 0 Å². The van der Waals surface area contributed by atoms with Crippen molar-refractivity contribution in [3.05, 3.63) is 72.3 Å². The minimum Gasteiger partial charge on any atom is -0.396 e. The van der Waals surface area contributed by atoms with Crippen molar-refractivity contribution in [3.63, 3.8) is 0 Å². The standard InChI is InChI=1S/C26H29N5/c1-31(23-13-9-19(17-27)10-14-23)18-20-7-11-22(12-8-20)29-26-24(28)15-16-25(30-26)21-5-3-2-4-6-21/h2-8,11-12,15-16,19,23H,9-10,13-14,18,28H2,1H3,(H,29,30).